The molecule has 2 amide bonds. The monoisotopic (exact) mass is 494 g/mol. The first-order valence-electron chi connectivity index (χ1n) is 11.4. The van der Waals surface area contributed by atoms with Gasteiger partial charge in [0.05, 0.1) is 11.1 Å². The summed E-state index contributed by atoms with van der Waals surface area (Å²) in [5, 5.41) is 16.4. The number of nitrogens with one attached hydrogen (secondary N) is 2. The van der Waals surface area contributed by atoms with E-state index in [-0.39, 0.29) is 17.6 Å². The van der Waals surface area contributed by atoms with Crippen molar-refractivity contribution >= 4 is 62.2 Å². The Hall–Kier alpha value is -2.98. The number of carbonyl (C=O) groups excluding carboxylic acids is 2. The molecule has 0 bridgehead atoms. The number of rotatable bonds is 6. The fourth-order valence-electron chi connectivity index (χ4n) is 4.28. The molecule has 1 aromatic carbocycles. The molecule has 0 aliphatic heterocycles. The third-order valence-corrected chi connectivity index (χ3v) is 8.16. The largest absolute Gasteiger partial charge is 0.326 e. The minimum atomic E-state index is -0.155. The number of anilines is 2. The molecule has 5 rings (SSSR count). The first-order valence-corrected chi connectivity index (χ1v) is 13.2. The lowest BCUT2D eigenvalue weighted by Gasteiger charge is -2.11. The van der Waals surface area contributed by atoms with Crippen LogP contribution >= 0.6 is 23.1 Å². The molecule has 0 saturated carbocycles. The van der Waals surface area contributed by atoms with E-state index in [2.05, 4.69) is 20.8 Å². The number of thioether (sulfide) groups is 1. The van der Waals surface area contributed by atoms with E-state index in [4.69, 9.17) is 4.98 Å². The molecule has 3 heterocycles. The van der Waals surface area contributed by atoms with E-state index in [1.54, 1.807) is 24.3 Å². The number of hydrogen-bond donors (Lipinski definition) is 2. The summed E-state index contributed by atoms with van der Waals surface area (Å²) < 4.78 is 1.96. The van der Waals surface area contributed by atoms with Gasteiger partial charge in [0.25, 0.3) is 0 Å². The molecule has 34 heavy (non-hydrogen) atoms. The van der Waals surface area contributed by atoms with E-state index in [1.165, 1.54) is 35.0 Å². The Morgan fingerprint density at radius 2 is 1.94 bits per heavy atom. The Bertz CT molecular complexity index is 1420. The number of hydrogen-bond acceptors (Lipinski definition) is 7. The van der Waals surface area contributed by atoms with Crippen LogP contribution in [0.25, 0.3) is 15.9 Å². The number of aromatic nitrogens is 4. The topological polar surface area (TPSA) is 101 Å². The van der Waals surface area contributed by atoms with Gasteiger partial charge in [0.15, 0.2) is 10.8 Å². The maximum atomic E-state index is 12.7. The van der Waals surface area contributed by atoms with Gasteiger partial charge in [0.2, 0.25) is 11.8 Å². The van der Waals surface area contributed by atoms with Crippen molar-refractivity contribution in [1.82, 2.24) is 19.6 Å². The van der Waals surface area contributed by atoms with Crippen LogP contribution < -0.4 is 10.6 Å². The Morgan fingerprint density at radius 1 is 1.12 bits per heavy atom. The minimum absolute atomic E-state index is 0.0641. The molecule has 0 saturated heterocycles. The summed E-state index contributed by atoms with van der Waals surface area (Å²) in [6, 6.07) is 5.49. The first-order chi connectivity index (χ1) is 16.4. The van der Waals surface area contributed by atoms with Crippen LogP contribution in [0, 0.1) is 13.8 Å². The normalized spacial score (nSPS) is 13.3. The van der Waals surface area contributed by atoms with Crippen LogP contribution in [0.2, 0.25) is 0 Å². The Labute approximate surface area is 205 Å². The predicted octanol–water partition coefficient (Wildman–Crippen LogP) is 4.91. The molecule has 0 fully saturated rings. The van der Waals surface area contributed by atoms with Crippen molar-refractivity contribution in [2.45, 2.75) is 58.0 Å². The number of amides is 2. The SMILES string of the molecule is CCC(=O)Nc1cc(NC(=O)CSc2nnc3c4c5c(sc4nc(C)n23)CCCC5)ccc1C. The highest BCUT2D eigenvalue weighted by atomic mass is 32.2. The summed E-state index contributed by atoms with van der Waals surface area (Å²) in [5.41, 5.74) is 4.48. The number of nitrogens with zero attached hydrogens (tertiary/aromatic N) is 4. The highest BCUT2D eigenvalue weighted by Gasteiger charge is 2.23. The van der Waals surface area contributed by atoms with Crippen LogP contribution in [-0.4, -0.2) is 37.1 Å². The van der Waals surface area contributed by atoms with Gasteiger partial charge in [-0.25, -0.2) is 4.98 Å². The van der Waals surface area contributed by atoms with E-state index < -0.39 is 0 Å². The molecular weight excluding hydrogens is 468 g/mol. The number of carbonyl (C=O) groups is 2. The van der Waals surface area contributed by atoms with E-state index in [9.17, 15) is 9.59 Å². The van der Waals surface area contributed by atoms with Crippen molar-refractivity contribution in [3.8, 4) is 0 Å². The van der Waals surface area contributed by atoms with Crippen LogP contribution in [0.3, 0.4) is 0 Å². The smallest absolute Gasteiger partial charge is 0.234 e. The van der Waals surface area contributed by atoms with E-state index in [1.807, 2.05) is 30.4 Å². The van der Waals surface area contributed by atoms with Gasteiger partial charge in [-0.15, -0.1) is 21.5 Å². The Balaban J connectivity index is 1.34. The maximum absolute atomic E-state index is 12.7. The Kier molecular flexibility index (Phi) is 6.26. The zero-order valence-corrected chi connectivity index (χ0v) is 21.0. The second-order valence-electron chi connectivity index (χ2n) is 8.46. The van der Waals surface area contributed by atoms with Crippen LogP contribution in [0.1, 0.15) is 48.0 Å². The van der Waals surface area contributed by atoms with Crippen LogP contribution in [0.4, 0.5) is 11.4 Å². The Morgan fingerprint density at radius 3 is 2.76 bits per heavy atom. The van der Waals surface area contributed by atoms with Crippen molar-refractivity contribution in [1.29, 1.82) is 0 Å². The van der Waals surface area contributed by atoms with Crippen molar-refractivity contribution in [2.24, 2.45) is 0 Å². The highest BCUT2D eigenvalue weighted by molar-refractivity contribution is 7.99. The number of fused-ring (bicyclic) bond motifs is 5. The average Bonchev–Trinajstić information content (AvgIpc) is 3.41. The van der Waals surface area contributed by atoms with Crippen LogP contribution in [0.15, 0.2) is 23.4 Å². The highest BCUT2D eigenvalue weighted by Crippen LogP contribution is 2.38. The van der Waals surface area contributed by atoms with Gasteiger partial charge in [-0.05, 0) is 62.8 Å². The summed E-state index contributed by atoms with van der Waals surface area (Å²) >= 11 is 3.11. The third kappa shape index (κ3) is 4.27. The molecule has 0 atom stereocenters. The average molecular weight is 495 g/mol. The standard InChI is InChI=1S/C24H26N6O2S2/c1-4-19(31)27-17-11-15(10-9-13(17)2)26-20(32)12-33-24-29-28-22-21-16-7-5-6-8-18(16)34-23(21)25-14(3)30(22)24/h9-11H,4-8,12H2,1-3H3,(H,26,32)(H,27,31). The van der Waals surface area contributed by atoms with Gasteiger partial charge in [0.1, 0.15) is 10.7 Å². The van der Waals surface area contributed by atoms with Gasteiger partial charge < -0.3 is 10.6 Å². The second kappa shape index (κ2) is 9.34. The molecule has 4 aromatic rings. The molecule has 176 valence electrons. The molecule has 0 spiro atoms. The molecular formula is C24H26N6O2S2. The maximum Gasteiger partial charge on any atom is 0.234 e. The van der Waals surface area contributed by atoms with E-state index in [0.29, 0.717) is 23.0 Å². The summed E-state index contributed by atoms with van der Waals surface area (Å²) in [4.78, 5) is 31.7. The van der Waals surface area contributed by atoms with E-state index in [0.717, 1.165) is 40.1 Å². The van der Waals surface area contributed by atoms with Gasteiger partial charge in [0, 0.05) is 22.7 Å². The summed E-state index contributed by atoms with van der Waals surface area (Å²) in [6.07, 6.45) is 4.99. The number of benzene rings is 1. The predicted molar refractivity (Wildman–Crippen MR) is 137 cm³/mol. The van der Waals surface area contributed by atoms with Crippen molar-refractivity contribution < 1.29 is 9.59 Å². The second-order valence-corrected chi connectivity index (χ2v) is 10.5. The van der Waals surface area contributed by atoms with E-state index >= 15 is 0 Å². The molecule has 1 aliphatic carbocycles. The first kappa shape index (κ1) is 22.8. The summed E-state index contributed by atoms with van der Waals surface area (Å²) in [7, 11) is 0. The third-order valence-electron chi connectivity index (χ3n) is 6.05. The quantitative estimate of drug-likeness (QED) is 0.369. The zero-order valence-electron chi connectivity index (χ0n) is 19.4. The zero-order chi connectivity index (χ0) is 23.8. The van der Waals surface area contributed by atoms with Crippen molar-refractivity contribution in [3.63, 3.8) is 0 Å². The van der Waals surface area contributed by atoms with Gasteiger partial charge >= 0.3 is 0 Å². The lowest BCUT2D eigenvalue weighted by Crippen LogP contribution is -2.15. The fourth-order valence-corrected chi connectivity index (χ4v) is 6.36. The molecule has 2 N–H and O–H groups in total. The fraction of sp³-hybridized carbons (Fsp3) is 0.375. The molecule has 8 nitrogen and oxygen atoms in total. The van der Waals surface area contributed by atoms with Crippen molar-refractivity contribution in [3.05, 3.63) is 40.0 Å². The summed E-state index contributed by atoms with van der Waals surface area (Å²) in [6.45, 7) is 5.68. The van der Waals surface area contributed by atoms with Gasteiger partial charge in [-0.2, -0.15) is 0 Å². The number of thiophene rings is 1. The lowest BCUT2D eigenvalue weighted by atomic mass is 9.97. The molecule has 0 unspecified atom stereocenters. The molecule has 0 radical (unpaired) electrons. The summed E-state index contributed by atoms with van der Waals surface area (Å²) in [5.74, 6) is 0.789. The molecule has 10 heteroatoms. The number of aryl methyl sites for hydroxylation is 4. The lowest BCUT2D eigenvalue weighted by molar-refractivity contribution is -0.116. The van der Waals surface area contributed by atoms with Gasteiger partial charge in [-0.3, -0.25) is 14.0 Å². The van der Waals surface area contributed by atoms with Crippen LogP contribution in [-0.2, 0) is 22.4 Å². The van der Waals surface area contributed by atoms with Crippen molar-refractivity contribution in [2.75, 3.05) is 16.4 Å². The molecule has 1 aliphatic rings. The van der Waals surface area contributed by atoms with Gasteiger partial charge in [-0.1, -0.05) is 24.8 Å². The molecule has 3 aromatic heterocycles. The minimum Gasteiger partial charge on any atom is -0.326 e. The van der Waals surface area contributed by atoms with Crippen LogP contribution in [0.5, 0.6) is 0 Å².